The quantitative estimate of drug-likeness (QED) is 0.238. The first-order valence-corrected chi connectivity index (χ1v) is 14.9. The Morgan fingerprint density at radius 2 is 1.44 bits per heavy atom. The molecule has 1 fully saturated rings. The van der Waals surface area contributed by atoms with E-state index in [4.69, 9.17) is 9.47 Å². The zero-order chi connectivity index (χ0) is 30.4. The molecule has 2 heterocycles. The Hall–Kier alpha value is -4.23. The van der Waals surface area contributed by atoms with Gasteiger partial charge in [-0.3, -0.25) is 0 Å². The van der Waals surface area contributed by atoms with E-state index < -0.39 is 23.7 Å². The van der Waals surface area contributed by atoms with Gasteiger partial charge < -0.3 is 19.7 Å². The van der Waals surface area contributed by atoms with Crippen LogP contribution in [0.4, 0.5) is 4.39 Å². The van der Waals surface area contributed by atoms with Gasteiger partial charge in [-0.2, -0.15) is 0 Å². The zero-order valence-corrected chi connectivity index (χ0v) is 25.1. The van der Waals surface area contributed by atoms with Gasteiger partial charge in [0.1, 0.15) is 5.82 Å². The summed E-state index contributed by atoms with van der Waals surface area (Å²) in [5.41, 5.74) is 4.84. The number of benzene rings is 3. The van der Waals surface area contributed by atoms with E-state index in [1.165, 1.54) is 30.4 Å². The Labute approximate surface area is 253 Å². The molecule has 5 rings (SSSR count). The molecule has 6 nitrogen and oxygen atoms in total. The predicted octanol–water partition coefficient (Wildman–Crippen LogP) is 6.25. The van der Waals surface area contributed by atoms with E-state index in [1.807, 2.05) is 0 Å². The van der Waals surface area contributed by atoms with E-state index in [9.17, 15) is 14.0 Å². The molecule has 0 saturated carbocycles. The van der Waals surface area contributed by atoms with Gasteiger partial charge in [-0.25, -0.2) is 14.0 Å². The average Bonchev–Trinajstić information content (AvgIpc) is 3.03. The Morgan fingerprint density at radius 1 is 0.860 bits per heavy atom. The summed E-state index contributed by atoms with van der Waals surface area (Å²) < 4.78 is 25.0. The Kier molecular flexibility index (Phi) is 9.41. The highest BCUT2D eigenvalue weighted by Crippen LogP contribution is 2.42. The van der Waals surface area contributed by atoms with E-state index >= 15 is 0 Å². The molecule has 1 unspecified atom stereocenters. The fourth-order valence-electron chi connectivity index (χ4n) is 6.61. The van der Waals surface area contributed by atoms with Gasteiger partial charge in [0.05, 0.1) is 30.8 Å². The number of dihydropyridines is 1. The van der Waals surface area contributed by atoms with Gasteiger partial charge in [0.25, 0.3) is 0 Å². The third kappa shape index (κ3) is 6.42. The summed E-state index contributed by atoms with van der Waals surface area (Å²) in [5, 5.41) is 3.12. The fourth-order valence-corrected chi connectivity index (χ4v) is 6.61. The second kappa shape index (κ2) is 13.4. The number of esters is 2. The maximum absolute atomic E-state index is 14.2. The molecule has 0 spiro atoms. The van der Waals surface area contributed by atoms with Crippen molar-refractivity contribution in [2.24, 2.45) is 0 Å². The lowest BCUT2D eigenvalue weighted by Crippen LogP contribution is -2.43. The van der Waals surface area contributed by atoms with Gasteiger partial charge >= 0.3 is 11.9 Å². The third-order valence-electron chi connectivity index (χ3n) is 8.78. The van der Waals surface area contributed by atoms with Gasteiger partial charge in [-0.15, -0.1) is 0 Å². The molecule has 2 aliphatic heterocycles. The van der Waals surface area contributed by atoms with Crippen LogP contribution in [0.2, 0.25) is 0 Å². The number of carbonyl (C=O) groups is 2. The van der Waals surface area contributed by atoms with Crippen molar-refractivity contribution in [3.05, 3.63) is 130 Å². The molecule has 1 saturated heterocycles. The van der Waals surface area contributed by atoms with Crippen molar-refractivity contribution in [2.75, 3.05) is 33.4 Å². The number of rotatable bonds is 9. The van der Waals surface area contributed by atoms with Crippen LogP contribution in [0.5, 0.6) is 0 Å². The number of likely N-dealkylation sites (tertiary alicyclic amines) is 1. The number of ether oxygens (including phenoxy) is 2. The summed E-state index contributed by atoms with van der Waals surface area (Å²) in [7, 11) is 1.29. The minimum atomic E-state index is -0.803. The molecule has 1 N–H and O–H groups in total. The number of methoxy groups -OCH3 is 1. The number of hydrogen-bond donors (Lipinski definition) is 1. The molecule has 3 aromatic rings. The maximum Gasteiger partial charge on any atom is 0.336 e. The number of nitrogens with zero attached hydrogens (tertiary/aromatic N) is 1. The summed E-state index contributed by atoms with van der Waals surface area (Å²) in [6, 6.07) is 27.5. The second-order valence-electron chi connectivity index (χ2n) is 11.3. The molecule has 1 atom stereocenters. The smallest absolute Gasteiger partial charge is 0.336 e. The van der Waals surface area contributed by atoms with Crippen LogP contribution in [-0.4, -0.2) is 50.2 Å². The second-order valence-corrected chi connectivity index (χ2v) is 11.3. The molecule has 43 heavy (non-hydrogen) atoms. The van der Waals surface area contributed by atoms with Crippen LogP contribution in [0.1, 0.15) is 55.7 Å². The molecule has 0 amide bonds. The average molecular weight is 583 g/mol. The van der Waals surface area contributed by atoms with E-state index in [1.54, 1.807) is 26.0 Å². The topological polar surface area (TPSA) is 67.9 Å². The van der Waals surface area contributed by atoms with Crippen LogP contribution in [0.25, 0.3) is 0 Å². The summed E-state index contributed by atoms with van der Waals surface area (Å²) >= 11 is 0. The monoisotopic (exact) mass is 582 g/mol. The molecular weight excluding hydrogens is 543 g/mol. The SMILES string of the molecule is COC(=O)C1=C(C)NC(C)=C(C(=O)OCCCN2CCC(c3ccccc3)(c3ccccc3)CC2)C1c1cccc(F)c1. The number of nitrogens with one attached hydrogen (secondary N) is 1. The summed E-state index contributed by atoms with van der Waals surface area (Å²) in [4.78, 5) is 28.7. The lowest BCUT2D eigenvalue weighted by atomic mass is 9.68. The molecule has 0 bridgehead atoms. The number of hydrogen-bond acceptors (Lipinski definition) is 6. The fraction of sp³-hybridized carbons (Fsp3) is 0.333. The highest BCUT2D eigenvalue weighted by Gasteiger charge is 2.39. The Balaban J connectivity index is 1.23. The summed E-state index contributed by atoms with van der Waals surface area (Å²) in [6.45, 7) is 6.44. The van der Waals surface area contributed by atoms with Crippen LogP contribution in [0.3, 0.4) is 0 Å². The van der Waals surface area contributed by atoms with Gasteiger partial charge in [0.2, 0.25) is 0 Å². The number of allylic oxidation sites excluding steroid dienone is 2. The highest BCUT2D eigenvalue weighted by atomic mass is 19.1. The molecule has 7 heteroatoms. The largest absolute Gasteiger partial charge is 0.466 e. The lowest BCUT2D eigenvalue weighted by Gasteiger charge is -2.43. The molecule has 3 aromatic carbocycles. The van der Waals surface area contributed by atoms with Crippen LogP contribution in [-0.2, 0) is 24.5 Å². The standard InChI is InChI=1S/C36H39FN2O4/c1-25-31(34(40)42-3)33(27-12-10-17-30(37)24-27)32(26(2)38-25)35(41)43-23-11-20-39-21-18-36(19-22-39,28-13-6-4-7-14-28)29-15-8-5-9-16-29/h4-10,12-17,24,33,38H,11,18-23H2,1-3H3. The molecule has 0 aromatic heterocycles. The maximum atomic E-state index is 14.2. The van der Waals surface area contributed by atoms with Gasteiger partial charge in [0.15, 0.2) is 0 Å². The van der Waals surface area contributed by atoms with Crippen LogP contribution < -0.4 is 5.32 Å². The Bertz CT molecular complexity index is 1470. The summed E-state index contributed by atoms with van der Waals surface area (Å²) in [5.74, 6) is -2.36. The van der Waals surface area contributed by atoms with Crippen molar-refractivity contribution < 1.29 is 23.5 Å². The van der Waals surface area contributed by atoms with E-state index in [0.29, 0.717) is 23.4 Å². The van der Waals surface area contributed by atoms with Gasteiger partial charge in [-0.1, -0.05) is 72.8 Å². The Morgan fingerprint density at radius 3 is 2.00 bits per heavy atom. The number of halogens is 1. The van der Waals surface area contributed by atoms with E-state index in [2.05, 4.69) is 70.9 Å². The molecule has 224 valence electrons. The van der Waals surface area contributed by atoms with Crippen molar-refractivity contribution in [1.82, 2.24) is 10.2 Å². The normalized spacial score (nSPS) is 18.7. The number of piperidine rings is 1. The van der Waals surface area contributed by atoms with Crippen LogP contribution >= 0.6 is 0 Å². The van der Waals surface area contributed by atoms with Gasteiger partial charge in [-0.05, 0) is 75.0 Å². The van der Waals surface area contributed by atoms with E-state index in [0.717, 1.165) is 32.5 Å². The third-order valence-corrected chi connectivity index (χ3v) is 8.78. The molecular formula is C36H39FN2O4. The van der Waals surface area contributed by atoms with Gasteiger partial charge in [0, 0.05) is 23.4 Å². The number of carbonyl (C=O) groups excluding carboxylic acids is 2. The van der Waals surface area contributed by atoms with E-state index in [-0.39, 0.29) is 23.2 Å². The lowest BCUT2D eigenvalue weighted by molar-refractivity contribution is -0.139. The van der Waals surface area contributed by atoms with Crippen LogP contribution in [0.15, 0.2) is 107 Å². The van der Waals surface area contributed by atoms with Crippen molar-refractivity contribution in [3.8, 4) is 0 Å². The van der Waals surface area contributed by atoms with Crippen molar-refractivity contribution in [3.63, 3.8) is 0 Å². The van der Waals surface area contributed by atoms with Crippen molar-refractivity contribution in [2.45, 2.75) is 44.4 Å². The molecule has 0 aliphatic carbocycles. The minimum Gasteiger partial charge on any atom is -0.466 e. The molecule has 0 radical (unpaired) electrons. The molecule has 2 aliphatic rings. The summed E-state index contributed by atoms with van der Waals surface area (Å²) in [6.07, 6.45) is 2.70. The van der Waals surface area contributed by atoms with Crippen molar-refractivity contribution in [1.29, 1.82) is 0 Å². The first kappa shape index (κ1) is 30.2. The minimum absolute atomic E-state index is 0.0155. The predicted molar refractivity (Wildman–Crippen MR) is 165 cm³/mol. The highest BCUT2D eigenvalue weighted by molar-refractivity contribution is 5.99. The zero-order valence-electron chi connectivity index (χ0n) is 25.1. The van der Waals surface area contributed by atoms with Crippen LogP contribution in [0, 0.1) is 5.82 Å². The van der Waals surface area contributed by atoms with Crippen molar-refractivity contribution >= 4 is 11.9 Å². The first-order chi connectivity index (χ1) is 20.8. The first-order valence-electron chi connectivity index (χ1n) is 14.9.